The van der Waals surface area contributed by atoms with Gasteiger partial charge in [0, 0.05) is 5.69 Å². The van der Waals surface area contributed by atoms with E-state index in [9.17, 15) is 4.79 Å². The monoisotopic (exact) mass is 313 g/mol. The molecule has 6 nitrogen and oxygen atoms in total. The number of carbonyl (C=O) groups excluding carboxylic acids is 1. The molecule has 1 N–H and O–H groups in total. The molecule has 0 spiro atoms. The van der Waals surface area contributed by atoms with Gasteiger partial charge < -0.3 is 5.32 Å². The summed E-state index contributed by atoms with van der Waals surface area (Å²) in [5.74, 6) is 0.954. The lowest BCUT2D eigenvalue weighted by atomic mass is 10.3. The van der Waals surface area contributed by atoms with Crippen LogP contribution < -0.4 is 5.32 Å². The number of rotatable bonds is 4. The van der Waals surface area contributed by atoms with E-state index in [0.717, 1.165) is 22.9 Å². The standard InChI is InChI=1S/C15H15N5OS/c1-2-8-22-14-12-13(16-9-17-14)20(10-18-12)15(21)19-11-6-4-3-5-7-11/h3-7,9-10H,2,8H2,1H3,(H,19,21). The molecule has 3 rings (SSSR count). The Bertz CT molecular complexity index is 787. The molecule has 0 saturated carbocycles. The highest BCUT2D eigenvalue weighted by Gasteiger charge is 2.14. The van der Waals surface area contributed by atoms with E-state index in [2.05, 4.69) is 27.2 Å². The number of benzene rings is 1. The zero-order valence-electron chi connectivity index (χ0n) is 12.1. The van der Waals surface area contributed by atoms with E-state index < -0.39 is 0 Å². The van der Waals surface area contributed by atoms with Gasteiger partial charge in [0.2, 0.25) is 0 Å². The van der Waals surface area contributed by atoms with Crippen molar-refractivity contribution in [1.29, 1.82) is 0 Å². The molecule has 0 saturated heterocycles. The maximum Gasteiger partial charge on any atom is 0.332 e. The average Bonchev–Trinajstić information content (AvgIpc) is 2.98. The molecule has 2 aromatic heterocycles. The van der Waals surface area contributed by atoms with Crippen molar-refractivity contribution in [2.45, 2.75) is 18.4 Å². The van der Waals surface area contributed by atoms with E-state index in [-0.39, 0.29) is 6.03 Å². The number of hydrogen-bond donors (Lipinski definition) is 1. The first-order valence-electron chi connectivity index (χ1n) is 6.97. The molecule has 0 aliphatic carbocycles. The van der Waals surface area contributed by atoms with E-state index in [1.54, 1.807) is 11.8 Å². The zero-order chi connectivity index (χ0) is 15.4. The lowest BCUT2D eigenvalue weighted by molar-refractivity contribution is 0.254. The van der Waals surface area contributed by atoms with Crippen LogP contribution in [0.5, 0.6) is 0 Å². The molecule has 0 aliphatic heterocycles. The first kappa shape index (κ1) is 14.5. The molecule has 0 atom stereocenters. The Morgan fingerprint density at radius 2 is 2.05 bits per heavy atom. The first-order valence-corrected chi connectivity index (χ1v) is 7.95. The highest BCUT2D eigenvalue weighted by molar-refractivity contribution is 7.99. The van der Waals surface area contributed by atoms with Crippen molar-refractivity contribution in [2.24, 2.45) is 0 Å². The molecule has 0 radical (unpaired) electrons. The number of carbonyl (C=O) groups is 1. The fourth-order valence-electron chi connectivity index (χ4n) is 1.97. The number of hydrogen-bond acceptors (Lipinski definition) is 5. The summed E-state index contributed by atoms with van der Waals surface area (Å²) < 4.78 is 1.40. The Hall–Kier alpha value is -2.41. The van der Waals surface area contributed by atoms with Crippen molar-refractivity contribution >= 4 is 34.6 Å². The summed E-state index contributed by atoms with van der Waals surface area (Å²) in [7, 11) is 0. The smallest absolute Gasteiger partial charge is 0.307 e. The van der Waals surface area contributed by atoms with E-state index in [4.69, 9.17) is 0 Å². The van der Waals surface area contributed by atoms with Crippen molar-refractivity contribution in [3.63, 3.8) is 0 Å². The minimum atomic E-state index is -0.293. The van der Waals surface area contributed by atoms with Gasteiger partial charge in [0.15, 0.2) is 5.65 Å². The maximum absolute atomic E-state index is 12.4. The number of imidazole rings is 1. The molecule has 112 valence electrons. The summed E-state index contributed by atoms with van der Waals surface area (Å²) in [6, 6.07) is 8.99. The zero-order valence-corrected chi connectivity index (χ0v) is 12.9. The van der Waals surface area contributed by atoms with Crippen LogP contribution in [0.3, 0.4) is 0 Å². The van der Waals surface area contributed by atoms with E-state index in [1.807, 2.05) is 30.3 Å². The lowest BCUT2D eigenvalue weighted by Crippen LogP contribution is -2.18. The molecule has 3 aromatic rings. The molecule has 7 heteroatoms. The number of amides is 1. The van der Waals surface area contributed by atoms with Crippen molar-refractivity contribution in [2.75, 3.05) is 11.1 Å². The van der Waals surface area contributed by atoms with E-state index in [1.165, 1.54) is 17.2 Å². The number of fused-ring (bicyclic) bond motifs is 1. The second-order valence-corrected chi connectivity index (χ2v) is 5.69. The second kappa shape index (κ2) is 6.57. The fourth-order valence-corrected chi connectivity index (χ4v) is 2.77. The Labute approximate surface area is 132 Å². The third kappa shape index (κ3) is 2.94. The van der Waals surface area contributed by atoms with Gasteiger partial charge in [-0.3, -0.25) is 0 Å². The third-order valence-corrected chi connectivity index (χ3v) is 4.17. The van der Waals surface area contributed by atoms with Crippen LogP contribution in [-0.4, -0.2) is 31.3 Å². The van der Waals surface area contributed by atoms with Gasteiger partial charge in [0.25, 0.3) is 0 Å². The molecule has 0 unspecified atom stereocenters. The highest BCUT2D eigenvalue weighted by atomic mass is 32.2. The van der Waals surface area contributed by atoms with Gasteiger partial charge in [0.1, 0.15) is 23.2 Å². The van der Waals surface area contributed by atoms with Crippen LogP contribution in [0.4, 0.5) is 10.5 Å². The number of nitrogens with zero attached hydrogens (tertiary/aromatic N) is 4. The Kier molecular flexibility index (Phi) is 4.34. The van der Waals surface area contributed by atoms with Crippen LogP contribution in [0.2, 0.25) is 0 Å². The van der Waals surface area contributed by atoms with Crippen LogP contribution >= 0.6 is 11.8 Å². The minimum absolute atomic E-state index is 0.293. The van der Waals surface area contributed by atoms with Crippen LogP contribution in [0.15, 0.2) is 48.0 Å². The normalized spacial score (nSPS) is 10.8. The van der Waals surface area contributed by atoms with Crippen molar-refractivity contribution in [3.8, 4) is 0 Å². The summed E-state index contributed by atoms with van der Waals surface area (Å²) in [5, 5.41) is 3.62. The fraction of sp³-hybridized carbons (Fsp3) is 0.200. The van der Waals surface area contributed by atoms with Gasteiger partial charge in [-0.05, 0) is 24.3 Å². The summed E-state index contributed by atoms with van der Waals surface area (Å²) in [6.07, 6.45) is 3.99. The molecule has 22 heavy (non-hydrogen) atoms. The number of thioether (sulfide) groups is 1. The number of nitrogens with one attached hydrogen (secondary N) is 1. The summed E-state index contributed by atoms with van der Waals surface area (Å²) in [5.41, 5.74) is 1.90. The minimum Gasteiger partial charge on any atom is -0.307 e. The van der Waals surface area contributed by atoms with Crippen molar-refractivity contribution in [3.05, 3.63) is 43.0 Å². The van der Waals surface area contributed by atoms with Crippen molar-refractivity contribution in [1.82, 2.24) is 19.5 Å². The van der Waals surface area contributed by atoms with Crippen molar-refractivity contribution < 1.29 is 4.79 Å². The molecule has 2 heterocycles. The number of anilines is 1. The second-order valence-electron chi connectivity index (χ2n) is 4.61. The average molecular weight is 313 g/mol. The van der Waals surface area contributed by atoms with Crippen LogP contribution in [-0.2, 0) is 0 Å². The molecule has 0 aliphatic rings. The van der Waals surface area contributed by atoms with Gasteiger partial charge in [-0.2, -0.15) is 0 Å². The van der Waals surface area contributed by atoms with Gasteiger partial charge in [-0.25, -0.2) is 24.3 Å². The molecule has 1 aromatic carbocycles. The summed E-state index contributed by atoms with van der Waals surface area (Å²) in [6.45, 7) is 2.11. The topological polar surface area (TPSA) is 72.7 Å². The molecular weight excluding hydrogens is 298 g/mol. The molecular formula is C15H15N5OS. The highest BCUT2D eigenvalue weighted by Crippen LogP contribution is 2.23. The third-order valence-electron chi connectivity index (χ3n) is 2.99. The molecule has 1 amide bonds. The molecule has 0 bridgehead atoms. The van der Waals surface area contributed by atoms with Crippen LogP contribution in [0.1, 0.15) is 13.3 Å². The Morgan fingerprint density at radius 1 is 1.23 bits per heavy atom. The largest absolute Gasteiger partial charge is 0.332 e. The Balaban J connectivity index is 1.89. The lowest BCUT2D eigenvalue weighted by Gasteiger charge is -2.05. The quantitative estimate of drug-likeness (QED) is 0.590. The van der Waals surface area contributed by atoms with Gasteiger partial charge in [-0.1, -0.05) is 25.1 Å². The van der Waals surface area contributed by atoms with Crippen LogP contribution in [0.25, 0.3) is 11.2 Å². The first-order chi connectivity index (χ1) is 10.8. The predicted molar refractivity (Wildman–Crippen MR) is 87.2 cm³/mol. The Morgan fingerprint density at radius 3 is 2.82 bits per heavy atom. The summed E-state index contributed by atoms with van der Waals surface area (Å²) >= 11 is 1.62. The summed E-state index contributed by atoms with van der Waals surface area (Å²) in [4.78, 5) is 25.1. The number of para-hydroxylation sites is 1. The SMILES string of the molecule is CCCSc1ncnc2c1ncn2C(=O)Nc1ccccc1. The van der Waals surface area contributed by atoms with E-state index >= 15 is 0 Å². The van der Waals surface area contributed by atoms with Gasteiger partial charge in [-0.15, -0.1) is 11.8 Å². The van der Waals surface area contributed by atoms with Crippen LogP contribution in [0, 0.1) is 0 Å². The maximum atomic E-state index is 12.4. The van der Waals surface area contributed by atoms with E-state index in [0.29, 0.717) is 11.2 Å². The predicted octanol–water partition coefficient (Wildman–Crippen LogP) is 3.41. The molecule has 0 fully saturated rings. The van der Waals surface area contributed by atoms with Gasteiger partial charge in [0.05, 0.1) is 0 Å². The number of aromatic nitrogens is 4. The van der Waals surface area contributed by atoms with Gasteiger partial charge >= 0.3 is 6.03 Å².